The molecule has 0 nitrogen and oxygen atoms in total. The molecule has 0 aliphatic carbocycles. The summed E-state index contributed by atoms with van der Waals surface area (Å²) >= 11 is 0. The second-order valence-corrected chi connectivity index (χ2v) is 2.25. The molecule has 0 bridgehead atoms. The molecule has 0 aromatic heterocycles. The zero-order valence-electron chi connectivity index (χ0n) is 14.5. The van der Waals surface area contributed by atoms with Gasteiger partial charge in [-0.3, -0.25) is 0 Å². The van der Waals surface area contributed by atoms with Crippen LogP contribution in [0.2, 0.25) is 0 Å². The molecule has 0 aromatic carbocycles. The van der Waals surface area contributed by atoms with Gasteiger partial charge in [-0.1, -0.05) is 71.5 Å². The van der Waals surface area contributed by atoms with Crippen molar-refractivity contribution in [2.75, 3.05) is 0 Å². The van der Waals surface area contributed by atoms with E-state index < -0.39 is 44.8 Å². The molecule has 0 aliphatic rings. The van der Waals surface area contributed by atoms with Crippen LogP contribution in [0.15, 0.2) is 0 Å². The van der Waals surface area contributed by atoms with E-state index in [1.807, 2.05) is 0 Å². The van der Waals surface area contributed by atoms with Gasteiger partial charge in [-0.15, -0.1) is 0 Å². The summed E-state index contributed by atoms with van der Waals surface area (Å²) in [5.74, 6) is 0. The predicted molar refractivity (Wildman–Crippen MR) is 52.9 cm³/mol. The van der Waals surface area contributed by atoms with Crippen molar-refractivity contribution in [3.8, 4) is 0 Å². The monoisotopic (exact) mass is 170 g/mol. The molecule has 0 spiro atoms. The van der Waals surface area contributed by atoms with Crippen molar-refractivity contribution in [3.05, 3.63) is 0 Å². The quantitative estimate of drug-likeness (QED) is 0.502. The first-order valence-corrected chi connectivity index (χ1v) is 4.23. The van der Waals surface area contributed by atoms with Gasteiger partial charge < -0.3 is 0 Å². The Labute approximate surface area is 82.2 Å². The summed E-state index contributed by atoms with van der Waals surface area (Å²) in [6.45, 7) is 3.51. The molecule has 0 heterocycles. The zero-order chi connectivity index (χ0) is 14.5. The van der Waals surface area contributed by atoms with Gasteiger partial charge in [0.05, 0.1) is 0 Å². The molecule has 0 saturated heterocycles. The van der Waals surface area contributed by atoms with Gasteiger partial charge in [0.2, 0.25) is 0 Å². The van der Waals surface area contributed by atoms with E-state index in [4.69, 9.17) is 9.60 Å². The Morgan fingerprint density at radius 3 is 1.18 bits per heavy atom. The van der Waals surface area contributed by atoms with E-state index in [9.17, 15) is 0 Å². The third-order valence-electron chi connectivity index (χ3n) is 1.19. The minimum Gasteiger partial charge on any atom is -0.0654 e. The third kappa shape index (κ3) is 10.0. The Bertz CT molecular complexity index is 203. The van der Waals surface area contributed by atoms with Crippen LogP contribution in [0, 0.1) is 0 Å². The van der Waals surface area contributed by atoms with Crippen LogP contribution in [0.1, 0.15) is 81.1 Å². The molecule has 0 aromatic rings. The maximum Gasteiger partial charge on any atom is 0.0267 e. The molecule has 0 rings (SSSR count). The van der Waals surface area contributed by atoms with Crippen LogP contribution >= 0.6 is 0 Å². The van der Waals surface area contributed by atoms with Crippen LogP contribution < -0.4 is 0 Å². The molecule has 0 heteroatoms. The minimum absolute atomic E-state index is 0.444. The Kier molecular flexibility index (Phi) is 3.46. The van der Waals surface area contributed by atoms with Crippen molar-refractivity contribution in [3.63, 3.8) is 0 Å². The standard InChI is InChI=1S/C11H24/c1-3-5-7-9-11-10-8-6-4-2/h3-11H2,1-2H3/i5T,6T,7T,8T,9T,10T,11T. The smallest absolute Gasteiger partial charge is 0.0267 e. The van der Waals surface area contributed by atoms with E-state index in [0.717, 1.165) is 0 Å². The minimum atomic E-state index is -1.20. The van der Waals surface area contributed by atoms with Gasteiger partial charge in [0, 0.05) is 9.60 Å². The largest absolute Gasteiger partial charge is 0.0654 e. The highest BCUT2D eigenvalue weighted by atomic mass is 13.9. The Balaban J connectivity index is 4.57. The molecule has 0 aliphatic heterocycles. The number of hydrogen-bond acceptors (Lipinski definition) is 0. The van der Waals surface area contributed by atoms with Crippen LogP contribution in [0.25, 0.3) is 0 Å². The van der Waals surface area contributed by atoms with Crippen molar-refractivity contribution in [1.29, 1.82) is 0 Å². The lowest BCUT2D eigenvalue weighted by Gasteiger charge is -1.98. The van der Waals surface area contributed by atoms with Crippen LogP contribution in [0.4, 0.5) is 0 Å². The molecule has 6 unspecified atom stereocenters. The summed E-state index contributed by atoms with van der Waals surface area (Å²) in [6.07, 6.45) is -6.14. The van der Waals surface area contributed by atoms with Gasteiger partial charge >= 0.3 is 0 Å². The summed E-state index contributed by atoms with van der Waals surface area (Å²) in [6, 6.07) is 0. The molecule has 0 amide bonds. The lowest BCUT2D eigenvalue weighted by Crippen LogP contribution is -1.79. The molecule has 0 N–H and O–H groups in total. The molecular weight excluding hydrogens is 132 g/mol. The van der Waals surface area contributed by atoms with Crippen LogP contribution in [0.3, 0.4) is 0 Å². The van der Waals surface area contributed by atoms with Gasteiger partial charge in [0.25, 0.3) is 0 Å². The van der Waals surface area contributed by atoms with Gasteiger partial charge in [0.1, 0.15) is 0 Å². The topological polar surface area (TPSA) is 0 Å². The summed E-state index contributed by atoms with van der Waals surface area (Å²) < 4.78 is 54.0. The second kappa shape index (κ2) is 10.0. The van der Waals surface area contributed by atoms with Crippen LogP contribution in [-0.4, -0.2) is 0 Å². The highest BCUT2D eigenvalue weighted by Gasteiger charge is 1.88. The van der Waals surface area contributed by atoms with Crippen molar-refractivity contribution in [2.24, 2.45) is 0 Å². The zero-order valence-corrected chi connectivity index (χ0v) is 7.46. The van der Waals surface area contributed by atoms with Crippen molar-refractivity contribution >= 4 is 0 Å². The lowest BCUT2D eigenvalue weighted by molar-refractivity contribution is 0.572. The third-order valence-corrected chi connectivity index (χ3v) is 1.19. The van der Waals surface area contributed by atoms with Crippen molar-refractivity contribution < 1.29 is 9.60 Å². The molecular formula is C11H24. The molecule has 68 valence electrons. The molecule has 0 radical (unpaired) electrons. The van der Waals surface area contributed by atoms with Crippen LogP contribution in [-0.2, 0) is 0 Å². The van der Waals surface area contributed by atoms with Gasteiger partial charge in [-0.25, -0.2) is 0 Å². The number of rotatable bonds is 8. The Hall–Kier alpha value is 0. The van der Waals surface area contributed by atoms with Gasteiger partial charge in [-0.05, 0) is 0 Å². The number of hydrogen-bond donors (Lipinski definition) is 0. The average molecular weight is 170 g/mol. The fraction of sp³-hybridized carbons (Fsp3) is 1.00. The van der Waals surface area contributed by atoms with Gasteiger partial charge in [-0.2, -0.15) is 0 Å². The Morgan fingerprint density at radius 2 is 0.909 bits per heavy atom. The van der Waals surface area contributed by atoms with E-state index in [2.05, 4.69) is 0 Å². The summed E-state index contributed by atoms with van der Waals surface area (Å²) in [4.78, 5) is 0. The van der Waals surface area contributed by atoms with E-state index in [-0.39, 0.29) is 0 Å². The molecule has 0 fully saturated rings. The SMILES string of the molecule is [3H]C(CC)C([3H])C([3H])C([3H])C([3H])C([3H])C([3H])CC. The predicted octanol–water partition coefficient (Wildman–Crippen LogP) is 4.54. The summed E-state index contributed by atoms with van der Waals surface area (Å²) in [5, 5.41) is 0. The van der Waals surface area contributed by atoms with Crippen molar-refractivity contribution in [2.45, 2.75) is 71.5 Å². The van der Waals surface area contributed by atoms with Crippen molar-refractivity contribution in [1.82, 2.24) is 0 Å². The molecule has 6 atom stereocenters. The second-order valence-electron chi connectivity index (χ2n) is 2.25. The summed E-state index contributed by atoms with van der Waals surface area (Å²) in [7, 11) is 0. The first kappa shape index (κ1) is 3.81. The fourth-order valence-corrected chi connectivity index (χ4v) is 0.622. The average Bonchev–Trinajstić information content (AvgIpc) is 2.40. The van der Waals surface area contributed by atoms with Crippen LogP contribution in [0.5, 0.6) is 0 Å². The highest BCUT2D eigenvalue weighted by Crippen LogP contribution is 2.08. The van der Waals surface area contributed by atoms with Gasteiger partial charge in [0.15, 0.2) is 0 Å². The normalized spacial score (nSPS) is 39.6. The Morgan fingerprint density at radius 1 is 0.636 bits per heavy atom. The first-order valence-electron chi connectivity index (χ1n) is 8.27. The maximum absolute atomic E-state index is 7.80. The molecule has 0 saturated carbocycles. The summed E-state index contributed by atoms with van der Waals surface area (Å²) in [5.41, 5.74) is 0. The maximum atomic E-state index is 7.80. The van der Waals surface area contributed by atoms with E-state index in [0.29, 0.717) is 12.8 Å². The lowest BCUT2D eigenvalue weighted by atomic mass is 10.1. The first-order chi connectivity index (χ1) is 8.27. The molecule has 11 heavy (non-hydrogen) atoms. The van der Waals surface area contributed by atoms with E-state index >= 15 is 0 Å². The van der Waals surface area contributed by atoms with E-state index in [1.54, 1.807) is 13.8 Å². The highest BCUT2D eigenvalue weighted by molar-refractivity contribution is 4.44. The van der Waals surface area contributed by atoms with E-state index in [1.165, 1.54) is 0 Å². The fourth-order valence-electron chi connectivity index (χ4n) is 0.622.